The summed E-state index contributed by atoms with van der Waals surface area (Å²) in [5, 5.41) is 57.2. The zero-order valence-electron chi connectivity index (χ0n) is 67.9. The number of likely N-dealkylation sites (tertiary alicyclic amines) is 3. The number of carboxylic acid groups (broad SMARTS) is 3. The first-order valence-corrected chi connectivity index (χ1v) is 39.4. The van der Waals surface area contributed by atoms with Crippen LogP contribution in [0.2, 0.25) is 0 Å². The summed E-state index contributed by atoms with van der Waals surface area (Å²) in [7, 11) is 0. The van der Waals surface area contributed by atoms with Gasteiger partial charge in [-0.25, -0.2) is 0 Å². The predicted molar refractivity (Wildman–Crippen MR) is 408 cm³/mol. The first kappa shape index (κ1) is 96.6. The highest BCUT2D eigenvalue weighted by atomic mass is 16.5. The third kappa shape index (κ3) is 32.9. The molecule has 3 saturated heterocycles. The second-order valence-electron chi connectivity index (χ2n) is 31.9. The third-order valence-corrected chi connectivity index (χ3v) is 20.7. The number of rotatable bonds is 59. The SMILES string of the molecule is CCNC(CCCCNC(C)(C)C(=O)C(CCC(=O)O)NC(C)(C)C(=O)C1CCCN1C(C)=O)C(=O)NCCCOCCOCCOCCCNC(=O)C(CCCCNC(C)(C)C(=O)C(CCC(=O)O)NC(C)C(=O)C1CCCN1C(C)=O)NC(C)(C)C(=O)C(CCC(=O)O)NC(C)(C)C(=O)C1CCCN1C(C)=O. The van der Waals surface area contributed by atoms with Crippen molar-refractivity contribution < 1.29 is 96.7 Å². The van der Waals surface area contributed by atoms with E-state index in [0.29, 0.717) is 143 Å². The second kappa shape index (κ2) is 47.0. The van der Waals surface area contributed by atoms with Crippen molar-refractivity contribution in [2.75, 3.05) is 92.0 Å². The maximum absolute atomic E-state index is 14.7. The molecule has 32 heteroatoms. The first-order chi connectivity index (χ1) is 51.0. The van der Waals surface area contributed by atoms with Gasteiger partial charge in [-0.1, -0.05) is 19.8 Å². The van der Waals surface area contributed by atoms with Crippen LogP contribution in [0.4, 0.5) is 0 Å². The molecule has 0 radical (unpaired) electrons. The molecule has 9 atom stereocenters. The summed E-state index contributed by atoms with van der Waals surface area (Å²) >= 11 is 0. The molecule has 32 nitrogen and oxygen atoms in total. The van der Waals surface area contributed by atoms with E-state index in [1.807, 2.05) is 6.92 Å². The molecule has 12 N–H and O–H groups in total. The standard InChI is InChI=1S/C77H134N12O20/c1-16-78-57(26-17-19-39-82-74(8,9)67(101)55(32-35-63(95)96)84-76(12,13)69(103)60-29-22-42-88(60)52(4)91)71(105)79-37-24-44-107-46-48-109-49-47-108-45-25-38-80-72(106)58(86-75(10,11)68(102)56(33-36-64(97)98)85-77(14,15)70(104)61-30-23-43-89(61)53(5)92)27-18-20-40-81-73(6,7)66(100)54(31-34-62(93)94)83-50(2)65(99)59-28-21-41-87(59)51(3)90/h50,54-61,78,81-86H,16-49H2,1-15H3,(H,79,105)(H,80,106)(H,93,94)(H,95,96)(H,97,98). The van der Waals surface area contributed by atoms with Gasteiger partial charge in [0.05, 0.1) is 108 Å². The Morgan fingerprint density at radius 3 is 1.14 bits per heavy atom. The van der Waals surface area contributed by atoms with Crippen molar-refractivity contribution in [2.45, 2.75) is 314 Å². The monoisotopic (exact) mass is 1550 g/mol. The van der Waals surface area contributed by atoms with E-state index < -0.39 is 118 Å². The largest absolute Gasteiger partial charge is 0.481 e. The van der Waals surface area contributed by atoms with Crippen molar-refractivity contribution in [2.24, 2.45) is 0 Å². The molecule has 5 amide bonds. The zero-order chi connectivity index (χ0) is 82.0. The summed E-state index contributed by atoms with van der Waals surface area (Å²) in [6.45, 7) is 29.1. The Hall–Kier alpha value is -6.62. The molecule has 0 spiro atoms. The number of amides is 5. The van der Waals surface area contributed by atoms with E-state index in [1.54, 1.807) is 81.1 Å². The van der Waals surface area contributed by atoms with Crippen molar-refractivity contribution in [3.63, 3.8) is 0 Å². The minimum atomic E-state index is -1.48. The summed E-state index contributed by atoms with van der Waals surface area (Å²) in [6, 6.07) is -7.45. The lowest BCUT2D eigenvalue weighted by molar-refractivity contribution is -0.140. The summed E-state index contributed by atoms with van der Waals surface area (Å²) in [4.78, 5) is 189. The third-order valence-electron chi connectivity index (χ3n) is 20.7. The number of unbranched alkanes of at least 4 members (excludes halogenated alkanes) is 2. The molecule has 3 rings (SSSR count). The lowest BCUT2D eigenvalue weighted by atomic mass is 9.85. The number of carboxylic acids is 3. The molecule has 3 aliphatic rings. The number of carbonyl (C=O) groups excluding carboxylic acids is 11. The molecule has 0 aromatic heterocycles. The number of ketones is 6. The molecule has 0 aromatic carbocycles. The van der Waals surface area contributed by atoms with E-state index >= 15 is 0 Å². The Kier molecular flexibility index (Phi) is 41.7. The quantitative estimate of drug-likeness (QED) is 0.0389. The van der Waals surface area contributed by atoms with Crippen molar-refractivity contribution in [1.29, 1.82) is 0 Å². The number of nitrogens with one attached hydrogen (secondary N) is 9. The maximum Gasteiger partial charge on any atom is 0.303 e. The van der Waals surface area contributed by atoms with Crippen molar-refractivity contribution in [1.82, 2.24) is 62.6 Å². The predicted octanol–water partition coefficient (Wildman–Crippen LogP) is 2.70. The number of aliphatic carboxylic acids is 3. The molecule has 622 valence electrons. The molecule has 0 aliphatic carbocycles. The Morgan fingerprint density at radius 1 is 0.404 bits per heavy atom. The van der Waals surface area contributed by atoms with Crippen LogP contribution in [0.1, 0.15) is 232 Å². The van der Waals surface area contributed by atoms with Gasteiger partial charge in [0.1, 0.15) is 0 Å². The van der Waals surface area contributed by atoms with Crippen LogP contribution in [-0.4, -0.2) is 286 Å². The van der Waals surface area contributed by atoms with Crippen LogP contribution < -0.4 is 47.9 Å². The van der Waals surface area contributed by atoms with Gasteiger partial charge in [-0.2, -0.15) is 0 Å². The fourth-order valence-corrected chi connectivity index (χ4v) is 14.6. The molecule has 3 heterocycles. The molecular formula is C77H134N12O20. The van der Waals surface area contributed by atoms with Gasteiger partial charge in [0.15, 0.2) is 34.7 Å². The lowest BCUT2D eigenvalue weighted by Crippen LogP contribution is -2.64. The van der Waals surface area contributed by atoms with Gasteiger partial charge >= 0.3 is 17.9 Å². The average molecular weight is 1550 g/mol. The van der Waals surface area contributed by atoms with Gasteiger partial charge < -0.3 is 70.8 Å². The van der Waals surface area contributed by atoms with Gasteiger partial charge in [-0.15, -0.1) is 0 Å². The highest BCUT2D eigenvalue weighted by Crippen LogP contribution is 2.28. The van der Waals surface area contributed by atoms with E-state index in [9.17, 15) is 82.4 Å². The highest BCUT2D eigenvalue weighted by Gasteiger charge is 2.47. The van der Waals surface area contributed by atoms with Crippen LogP contribution in [0.3, 0.4) is 0 Å². The van der Waals surface area contributed by atoms with Crippen LogP contribution in [0.5, 0.6) is 0 Å². The van der Waals surface area contributed by atoms with Crippen molar-refractivity contribution in [3.8, 4) is 0 Å². The topological polar surface area (TPSA) is 445 Å². The Morgan fingerprint density at radius 2 is 0.743 bits per heavy atom. The van der Waals surface area contributed by atoms with E-state index in [-0.39, 0.29) is 124 Å². The van der Waals surface area contributed by atoms with E-state index in [2.05, 4.69) is 47.9 Å². The minimum Gasteiger partial charge on any atom is -0.481 e. The number of Topliss-reactive ketones (excluding diaryl/α,β-unsaturated/α-hetero) is 6. The number of nitrogens with zero attached hydrogens (tertiary/aromatic N) is 3. The molecule has 3 aliphatic heterocycles. The normalized spacial score (nSPS) is 18.2. The molecule has 9 unspecified atom stereocenters. The van der Waals surface area contributed by atoms with Crippen LogP contribution in [0, 0.1) is 0 Å². The number of hydrogen-bond acceptors (Lipinski definition) is 24. The van der Waals surface area contributed by atoms with Crippen LogP contribution >= 0.6 is 0 Å². The number of likely N-dealkylation sites (N-methyl/N-ethyl adjacent to an activating group) is 1. The highest BCUT2D eigenvalue weighted by molar-refractivity contribution is 6.00. The molecule has 0 saturated carbocycles. The minimum absolute atomic E-state index is 0.0333. The molecular weight excluding hydrogens is 1410 g/mol. The van der Waals surface area contributed by atoms with E-state index in [4.69, 9.17) is 14.2 Å². The van der Waals surface area contributed by atoms with Gasteiger partial charge in [0, 0.05) is 86.0 Å². The Bertz CT molecular complexity index is 3030. The lowest BCUT2D eigenvalue weighted by Gasteiger charge is -2.38. The van der Waals surface area contributed by atoms with Gasteiger partial charge in [-0.3, -0.25) is 88.4 Å². The van der Waals surface area contributed by atoms with Crippen molar-refractivity contribution in [3.05, 3.63) is 0 Å². The fraction of sp³-hybridized carbons (Fsp3) is 0.818. The average Bonchev–Trinajstić information content (AvgIpc) is 1.75. The van der Waals surface area contributed by atoms with Crippen LogP contribution in [-0.2, 0) is 81.3 Å². The molecule has 3 fully saturated rings. The Balaban J connectivity index is 1.51. The summed E-state index contributed by atoms with van der Waals surface area (Å²) in [5.41, 5.74) is -6.39. The maximum atomic E-state index is 14.7. The summed E-state index contributed by atoms with van der Waals surface area (Å²) in [5.74, 6) is -6.61. The summed E-state index contributed by atoms with van der Waals surface area (Å²) in [6.07, 6.45) is 5.86. The van der Waals surface area contributed by atoms with Gasteiger partial charge in [0.25, 0.3) is 0 Å². The first-order valence-electron chi connectivity index (χ1n) is 39.4. The van der Waals surface area contributed by atoms with E-state index in [1.165, 1.54) is 30.6 Å². The zero-order valence-corrected chi connectivity index (χ0v) is 67.9. The smallest absolute Gasteiger partial charge is 0.303 e. The fourth-order valence-electron chi connectivity index (χ4n) is 14.6. The number of hydrogen-bond donors (Lipinski definition) is 12. The molecule has 109 heavy (non-hydrogen) atoms. The number of carbonyl (C=O) groups is 14. The van der Waals surface area contributed by atoms with Gasteiger partial charge in [0.2, 0.25) is 29.5 Å². The second-order valence-corrected chi connectivity index (χ2v) is 31.9. The molecule has 0 bridgehead atoms. The van der Waals surface area contributed by atoms with Crippen LogP contribution in [0.25, 0.3) is 0 Å². The van der Waals surface area contributed by atoms with Crippen LogP contribution in [0.15, 0.2) is 0 Å². The summed E-state index contributed by atoms with van der Waals surface area (Å²) < 4.78 is 17.2. The Labute approximate surface area is 645 Å². The molecule has 0 aromatic rings. The van der Waals surface area contributed by atoms with Gasteiger partial charge in [-0.05, 0) is 192 Å². The number of ether oxygens (including phenoxy) is 3. The van der Waals surface area contributed by atoms with E-state index in [0.717, 1.165) is 0 Å². The van der Waals surface area contributed by atoms with Crippen molar-refractivity contribution >= 4 is 82.1 Å².